The Kier molecular flexibility index (Phi) is 2.25. The van der Waals surface area contributed by atoms with Crippen LogP contribution in [-0.4, -0.2) is 25.7 Å². The SMILES string of the molecule is Cc1nn2c(C(=O)O)cc(Cl)nc2c1C#N. The summed E-state index contributed by atoms with van der Waals surface area (Å²) in [5.41, 5.74) is 0.675. The fraction of sp³-hybridized carbons (Fsp3) is 0.111. The Labute approximate surface area is 94.7 Å². The van der Waals surface area contributed by atoms with Crippen LogP contribution in [0.25, 0.3) is 5.65 Å². The molecule has 80 valence electrons. The number of rotatable bonds is 1. The lowest BCUT2D eigenvalue weighted by molar-refractivity contribution is 0.0687. The molecule has 0 saturated heterocycles. The summed E-state index contributed by atoms with van der Waals surface area (Å²) >= 11 is 5.68. The van der Waals surface area contributed by atoms with E-state index in [4.69, 9.17) is 22.0 Å². The van der Waals surface area contributed by atoms with Gasteiger partial charge in [-0.25, -0.2) is 14.3 Å². The average molecular weight is 237 g/mol. The first kappa shape index (κ1) is 10.4. The Morgan fingerprint density at radius 1 is 1.69 bits per heavy atom. The lowest BCUT2D eigenvalue weighted by Crippen LogP contribution is -2.07. The summed E-state index contributed by atoms with van der Waals surface area (Å²) in [6, 6.07) is 3.10. The van der Waals surface area contributed by atoms with Crippen molar-refractivity contribution in [2.45, 2.75) is 6.92 Å². The standard InChI is InChI=1S/C9H5ClN4O2/c1-4-5(3-11)8-12-7(10)2-6(9(15)16)14(8)13-4/h2H,1H3,(H,15,16). The summed E-state index contributed by atoms with van der Waals surface area (Å²) in [6.07, 6.45) is 0. The van der Waals surface area contributed by atoms with Gasteiger partial charge in [0.15, 0.2) is 11.3 Å². The molecule has 2 rings (SSSR count). The van der Waals surface area contributed by atoms with Crippen molar-refractivity contribution >= 4 is 23.2 Å². The normalized spacial score (nSPS) is 10.3. The van der Waals surface area contributed by atoms with E-state index >= 15 is 0 Å². The van der Waals surface area contributed by atoms with Gasteiger partial charge in [-0.05, 0) is 6.92 Å². The van der Waals surface area contributed by atoms with Crippen molar-refractivity contribution < 1.29 is 9.90 Å². The van der Waals surface area contributed by atoms with Crippen LogP contribution in [0.15, 0.2) is 6.07 Å². The molecule has 16 heavy (non-hydrogen) atoms. The number of carboxylic acids is 1. The minimum atomic E-state index is -1.18. The molecule has 0 atom stereocenters. The van der Waals surface area contributed by atoms with Crippen LogP contribution < -0.4 is 0 Å². The number of aryl methyl sites for hydroxylation is 1. The summed E-state index contributed by atoms with van der Waals surface area (Å²) in [5.74, 6) is -1.18. The van der Waals surface area contributed by atoms with Gasteiger partial charge in [-0.1, -0.05) is 11.6 Å². The summed E-state index contributed by atoms with van der Waals surface area (Å²) in [4.78, 5) is 14.8. The summed E-state index contributed by atoms with van der Waals surface area (Å²) < 4.78 is 1.10. The second-order valence-electron chi connectivity index (χ2n) is 3.08. The zero-order valence-electron chi connectivity index (χ0n) is 8.10. The van der Waals surface area contributed by atoms with Gasteiger partial charge >= 0.3 is 5.97 Å². The van der Waals surface area contributed by atoms with Gasteiger partial charge in [-0.15, -0.1) is 0 Å². The van der Waals surface area contributed by atoms with Crippen molar-refractivity contribution in [3.63, 3.8) is 0 Å². The Hall–Kier alpha value is -2.13. The van der Waals surface area contributed by atoms with Crippen LogP contribution in [-0.2, 0) is 0 Å². The number of carboxylic acid groups (broad SMARTS) is 1. The third kappa shape index (κ3) is 1.38. The molecule has 0 unspecified atom stereocenters. The Morgan fingerprint density at radius 3 is 2.94 bits per heavy atom. The number of carbonyl (C=O) groups is 1. The van der Waals surface area contributed by atoms with Crippen molar-refractivity contribution in [2.75, 3.05) is 0 Å². The highest BCUT2D eigenvalue weighted by Gasteiger charge is 2.17. The largest absolute Gasteiger partial charge is 0.477 e. The number of nitriles is 1. The molecule has 0 spiro atoms. The predicted molar refractivity (Wildman–Crippen MR) is 54.4 cm³/mol. The maximum atomic E-state index is 10.9. The van der Waals surface area contributed by atoms with Crippen LogP contribution in [0.3, 0.4) is 0 Å². The Balaban J connectivity index is 2.96. The van der Waals surface area contributed by atoms with Crippen LogP contribution >= 0.6 is 11.6 Å². The number of aromatic nitrogens is 3. The van der Waals surface area contributed by atoms with Gasteiger partial charge in [0.25, 0.3) is 0 Å². The molecule has 0 radical (unpaired) electrons. The lowest BCUT2D eigenvalue weighted by Gasteiger charge is -1.99. The van der Waals surface area contributed by atoms with Crippen LogP contribution in [0.1, 0.15) is 21.7 Å². The van der Waals surface area contributed by atoms with E-state index in [0.717, 1.165) is 4.52 Å². The molecule has 0 aliphatic heterocycles. The second kappa shape index (κ2) is 3.47. The number of halogens is 1. The molecular formula is C9H5ClN4O2. The quantitative estimate of drug-likeness (QED) is 0.753. The lowest BCUT2D eigenvalue weighted by atomic mass is 10.3. The topological polar surface area (TPSA) is 91.3 Å². The van der Waals surface area contributed by atoms with E-state index in [0.29, 0.717) is 5.69 Å². The first-order valence-corrected chi connectivity index (χ1v) is 4.61. The minimum Gasteiger partial charge on any atom is -0.477 e. The van der Waals surface area contributed by atoms with Crippen molar-refractivity contribution in [3.05, 3.63) is 28.2 Å². The van der Waals surface area contributed by atoms with E-state index in [9.17, 15) is 4.79 Å². The minimum absolute atomic E-state index is 0.0151. The fourth-order valence-electron chi connectivity index (χ4n) is 1.38. The zero-order valence-corrected chi connectivity index (χ0v) is 8.86. The van der Waals surface area contributed by atoms with E-state index in [2.05, 4.69) is 10.1 Å². The predicted octanol–water partition coefficient (Wildman–Crippen LogP) is 1.26. The Bertz CT molecular complexity index is 641. The number of hydrogen-bond donors (Lipinski definition) is 1. The van der Waals surface area contributed by atoms with E-state index in [1.165, 1.54) is 6.07 Å². The highest BCUT2D eigenvalue weighted by atomic mass is 35.5. The summed E-state index contributed by atoms with van der Waals surface area (Å²) in [5, 5.41) is 21.8. The van der Waals surface area contributed by atoms with Crippen LogP contribution in [0, 0.1) is 18.3 Å². The van der Waals surface area contributed by atoms with Crippen molar-refractivity contribution in [3.8, 4) is 6.07 Å². The molecule has 7 heteroatoms. The highest BCUT2D eigenvalue weighted by molar-refractivity contribution is 6.29. The molecule has 1 N–H and O–H groups in total. The number of nitrogens with zero attached hydrogens (tertiary/aromatic N) is 4. The molecule has 0 fully saturated rings. The molecule has 2 heterocycles. The zero-order chi connectivity index (χ0) is 11.9. The molecule has 0 aliphatic rings. The van der Waals surface area contributed by atoms with E-state index in [1.54, 1.807) is 6.92 Å². The van der Waals surface area contributed by atoms with Crippen LogP contribution in [0.4, 0.5) is 0 Å². The smallest absolute Gasteiger partial charge is 0.354 e. The fourth-order valence-corrected chi connectivity index (χ4v) is 1.56. The van der Waals surface area contributed by atoms with E-state index in [1.807, 2.05) is 6.07 Å². The van der Waals surface area contributed by atoms with Crippen molar-refractivity contribution in [2.24, 2.45) is 0 Å². The third-order valence-corrected chi connectivity index (χ3v) is 2.26. The van der Waals surface area contributed by atoms with Gasteiger partial charge in [0.1, 0.15) is 16.8 Å². The van der Waals surface area contributed by atoms with Crippen molar-refractivity contribution in [1.82, 2.24) is 14.6 Å². The van der Waals surface area contributed by atoms with E-state index in [-0.39, 0.29) is 22.1 Å². The Morgan fingerprint density at radius 2 is 2.38 bits per heavy atom. The maximum Gasteiger partial charge on any atom is 0.354 e. The molecular weight excluding hydrogens is 232 g/mol. The van der Waals surface area contributed by atoms with Gasteiger partial charge in [-0.2, -0.15) is 10.4 Å². The second-order valence-corrected chi connectivity index (χ2v) is 3.46. The first-order valence-electron chi connectivity index (χ1n) is 4.24. The van der Waals surface area contributed by atoms with Crippen LogP contribution in [0.5, 0.6) is 0 Å². The number of hydrogen-bond acceptors (Lipinski definition) is 4. The van der Waals surface area contributed by atoms with Crippen molar-refractivity contribution in [1.29, 1.82) is 5.26 Å². The van der Waals surface area contributed by atoms with Crippen LogP contribution in [0.2, 0.25) is 5.15 Å². The summed E-state index contributed by atoms with van der Waals surface area (Å²) in [7, 11) is 0. The first-order chi connectivity index (χ1) is 7.54. The van der Waals surface area contributed by atoms with E-state index < -0.39 is 5.97 Å². The maximum absolute atomic E-state index is 10.9. The van der Waals surface area contributed by atoms with Gasteiger partial charge in [0, 0.05) is 6.07 Å². The molecule has 2 aromatic rings. The molecule has 0 aliphatic carbocycles. The molecule has 0 saturated carbocycles. The monoisotopic (exact) mass is 236 g/mol. The summed E-state index contributed by atoms with van der Waals surface area (Å²) in [6.45, 7) is 1.60. The van der Waals surface area contributed by atoms with Gasteiger partial charge < -0.3 is 5.11 Å². The number of aromatic carboxylic acids is 1. The molecule has 0 bridgehead atoms. The van der Waals surface area contributed by atoms with Gasteiger partial charge in [0.2, 0.25) is 0 Å². The molecule has 0 aromatic carbocycles. The number of fused-ring (bicyclic) bond motifs is 1. The third-order valence-electron chi connectivity index (χ3n) is 2.06. The molecule has 2 aromatic heterocycles. The highest BCUT2D eigenvalue weighted by Crippen LogP contribution is 2.17. The molecule has 6 nitrogen and oxygen atoms in total. The molecule has 0 amide bonds. The average Bonchev–Trinajstić information content (AvgIpc) is 2.52. The van der Waals surface area contributed by atoms with Gasteiger partial charge in [0.05, 0.1) is 5.69 Å². The van der Waals surface area contributed by atoms with Gasteiger partial charge in [-0.3, -0.25) is 0 Å².